The van der Waals surface area contributed by atoms with Gasteiger partial charge in [-0.3, -0.25) is 14.7 Å². The van der Waals surface area contributed by atoms with Crippen LogP contribution >= 0.6 is 0 Å². The summed E-state index contributed by atoms with van der Waals surface area (Å²) in [6.07, 6.45) is 0.661. The van der Waals surface area contributed by atoms with Crippen molar-refractivity contribution in [1.29, 1.82) is 0 Å². The number of fused-ring (bicyclic) bond motifs is 3. The number of aliphatic hydroxyl groups excluding tert-OH is 1. The zero-order valence-electron chi connectivity index (χ0n) is 17.1. The number of amides is 1. The number of pyridine rings is 1. The number of para-hydroxylation sites is 1. The highest BCUT2D eigenvalue weighted by Crippen LogP contribution is 2.32. The van der Waals surface area contributed by atoms with E-state index in [0.717, 1.165) is 16.5 Å². The van der Waals surface area contributed by atoms with E-state index in [1.54, 1.807) is 6.92 Å². The minimum absolute atomic E-state index is 0.0933. The highest BCUT2D eigenvalue weighted by Gasteiger charge is 2.52. The minimum atomic E-state index is -0.617. The number of carbonyl (C=O) groups excluding carboxylic acids is 1. The molecule has 0 saturated carbocycles. The smallest absolute Gasteiger partial charge is 0.219 e. The number of hydrogen-bond acceptors (Lipinski definition) is 7. The van der Waals surface area contributed by atoms with Crippen LogP contribution in [0.1, 0.15) is 12.5 Å². The van der Waals surface area contributed by atoms with Gasteiger partial charge in [0.25, 0.3) is 0 Å². The molecule has 2 bridgehead atoms. The van der Waals surface area contributed by atoms with Crippen molar-refractivity contribution >= 4 is 16.8 Å². The van der Waals surface area contributed by atoms with Crippen LogP contribution in [0.5, 0.6) is 0 Å². The maximum Gasteiger partial charge on any atom is 0.219 e. The summed E-state index contributed by atoms with van der Waals surface area (Å²) >= 11 is 0. The first-order valence-electron chi connectivity index (χ1n) is 10.6. The molecule has 1 amide bonds. The Hall–Kier alpha value is -2.10. The molecule has 160 valence electrons. The Morgan fingerprint density at radius 2 is 2.07 bits per heavy atom. The Kier molecular flexibility index (Phi) is 5.43. The van der Waals surface area contributed by atoms with Gasteiger partial charge in [-0.2, -0.15) is 0 Å². The molecule has 0 aliphatic carbocycles. The first-order chi connectivity index (χ1) is 14.6. The molecule has 3 aliphatic rings. The molecule has 1 aromatic heterocycles. The van der Waals surface area contributed by atoms with Crippen molar-refractivity contribution < 1.29 is 19.4 Å². The van der Waals surface area contributed by atoms with E-state index in [9.17, 15) is 9.90 Å². The number of nitrogens with one attached hydrogen (secondary N) is 1. The maximum absolute atomic E-state index is 11.6. The second-order valence-electron chi connectivity index (χ2n) is 8.34. The van der Waals surface area contributed by atoms with Crippen LogP contribution < -0.4 is 5.32 Å². The van der Waals surface area contributed by atoms with Gasteiger partial charge in [-0.05, 0) is 17.7 Å². The number of ether oxygens (including phenoxy) is 2. The van der Waals surface area contributed by atoms with E-state index >= 15 is 0 Å². The number of hydrogen-bond donors (Lipinski definition) is 2. The number of piperazine rings is 1. The van der Waals surface area contributed by atoms with Crippen molar-refractivity contribution in [3.8, 4) is 0 Å². The van der Waals surface area contributed by atoms with E-state index in [2.05, 4.69) is 27.3 Å². The highest BCUT2D eigenvalue weighted by atomic mass is 16.7. The fourth-order valence-electron chi connectivity index (χ4n) is 4.83. The summed E-state index contributed by atoms with van der Waals surface area (Å²) < 4.78 is 12.0. The van der Waals surface area contributed by atoms with Crippen LogP contribution in [0.15, 0.2) is 36.5 Å². The summed E-state index contributed by atoms with van der Waals surface area (Å²) in [5, 5.41) is 15.8. The second-order valence-corrected chi connectivity index (χ2v) is 8.34. The summed E-state index contributed by atoms with van der Waals surface area (Å²) in [6, 6.07) is 9.69. The lowest BCUT2D eigenvalue weighted by Gasteiger charge is -2.46. The third kappa shape index (κ3) is 3.70. The molecule has 3 saturated heterocycles. The van der Waals surface area contributed by atoms with Crippen molar-refractivity contribution in [2.45, 2.75) is 44.1 Å². The van der Waals surface area contributed by atoms with Gasteiger partial charge in [0.1, 0.15) is 6.10 Å². The molecule has 3 fully saturated rings. The Labute approximate surface area is 175 Å². The topological polar surface area (TPSA) is 87.2 Å². The van der Waals surface area contributed by atoms with Crippen LogP contribution in [0.4, 0.5) is 0 Å². The maximum atomic E-state index is 11.6. The van der Waals surface area contributed by atoms with Gasteiger partial charge in [0.2, 0.25) is 5.91 Å². The summed E-state index contributed by atoms with van der Waals surface area (Å²) in [6.45, 7) is 5.40. The molecular weight excluding hydrogens is 384 g/mol. The molecule has 1 aromatic carbocycles. The Morgan fingerprint density at radius 3 is 2.87 bits per heavy atom. The van der Waals surface area contributed by atoms with E-state index in [4.69, 9.17) is 9.47 Å². The van der Waals surface area contributed by atoms with Crippen molar-refractivity contribution in [1.82, 2.24) is 20.1 Å². The van der Waals surface area contributed by atoms with E-state index in [1.807, 2.05) is 29.3 Å². The molecule has 8 nitrogen and oxygen atoms in total. The fourth-order valence-corrected chi connectivity index (χ4v) is 4.83. The van der Waals surface area contributed by atoms with Crippen molar-refractivity contribution in [2.24, 2.45) is 0 Å². The highest BCUT2D eigenvalue weighted by molar-refractivity contribution is 5.78. The Bertz CT molecular complexity index is 917. The van der Waals surface area contributed by atoms with Crippen molar-refractivity contribution in [3.05, 3.63) is 42.1 Å². The van der Waals surface area contributed by atoms with Gasteiger partial charge in [0.05, 0.1) is 30.3 Å². The number of rotatable bonds is 4. The van der Waals surface area contributed by atoms with Crippen LogP contribution in [0, 0.1) is 0 Å². The number of aliphatic hydroxyl groups is 1. The summed E-state index contributed by atoms with van der Waals surface area (Å²) in [4.78, 5) is 20.2. The molecule has 0 spiro atoms. The molecule has 30 heavy (non-hydrogen) atoms. The standard InChI is InChI=1S/C22H28N4O4/c1-14(27)25-6-8-26(9-7-25)20-21(28)19(18-13-29-22(20)30-18)24-12-15-10-16-4-2-3-5-17(16)23-11-15/h2-5,10-11,18-22,24,28H,6-9,12-13H2,1H3/t18-,19+,20-,21-,22+/m0/s1. The first-order valence-corrected chi connectivity index (χ1v) is 10.6. The fraction of sp³-hybridized carbons (Fsp3) is 0.545. The molecule has 5 rings (SSSR count). The molecule has 2 aromatic rings. The molecule has 4 heterocycles. The zero-order chi connectivity index (χ0) is 20.7. The van der Waals surface area contributed by atoms with Crippen molar-refractivity contribution in [2.75, 3.05) is 32.8 Å². The van der Waals surface area contributed by atoms with Gasteiger partial charge in [-0.15, -0.1) is 0 Å². The summed E-state index contributed by atoms with van der Waals surface area (Å²) in [5.41, 5.74) is 2.03. The molecule has 8 heteroatoms. The molecule has 0 radical (unpaired) electrons. The third-order valence-electron chi connectivity index (χ3n) is 6.50. The lowest BCUT2D eigenvalue weighted by atomic mass is 9.94. The largest absolute Gasteiger partial charge is 0.390 e. The molecule has 0 unspecified atom stereocenters. The van der Waals surface area contributed by atoms with E-state index in [0.29, 0.717) is 39.3 Å². The van der Waals surface area contributed by atoms with E-state index in [-0.39, 0.29) is 24.1 Å². The minimum Gasteiger partial charge on any atom is -0.390 e. The van der Waals surface area contributed by atoms with E-state index < -0.39 is 12.4 Å². The van der Waals surface area contributed by atoms with Crippen LogP contribution in [0.2, 0.25) is 0 Å². The second kappa shape index (κ2) is 8.20. The quantitative estimate of drug-likeness (QED) is 0.749. The molecule has 5 atom stereocenters. The lowest BCUT2D eigenvalue weighted by molar-refractivity contribution is -0.186. The predicted octanol–water partition coefficient (Wildman–Crippen LogP) is 0.342. The number of aromatic nitrogens is 1. The van der Waals surface area contributed by atoms with Crippen LogP contribution in [-0.4, -0.2) is 89.2 Å². The number of nitrogens with zero attached hydrogens (tertiary/aromatic N) is 3. The first kappa shape index (κ1) is 19.8. The SMILES string of the molecule is CC(=O)N1CCN([C@@H]2[C@@H]3OC[C@H](O3)[C@@H](NCc3cnc4ccccc4c3)[C@@H]2O)CC1. The van der Waals surface area contributed by atoms with Gasteiger partial charge < -0.3 is 24.8 Å². The Balaban J connectivity index is 1.27. The molecule has 3 aliphatic heterocycles. The van der Waals surface area contributed by atoms with Crippen LogP contribution in [-0.2, 0) is 20.8 Å². The van der Waals surface area contributed by atoms with Gasteiger partial charge >= 0.3 is 0 Å². The predicted molar refractivity (Wildman–Crippen MR) is 111 cm³/mol. The van der Waals surface area contributed by atoms with Crippen LogP contribution in [0.25, 0.3) is 10.9 Å². The molecule has 2 N–H and O–H groups in total. The Morgan fingerprint density at radius 1 is 1.27 bits per heavy atom. The van der Waals surface area contributed by atoms with Crippen LogP contribution in [0.3, 0.4) is 0 Å². The number of carbonyl (C=O) groups is 1. The monoisotopic (exact) mass is 412 g/mol. The van der Waals surface area contributed by atoms with Gasteiger partial charge in [-0.1, -0.05) is 18.2 Å². The summed E-state index contributed by atoms with van der Waals surface area (Å²) in [7, 11) is 0. The van der Waals surface area contributed by atoms with E-state index in [1.165, 1.54) is 0 Å². The van der Waals surface area contributed by atoms with Gasteiger partial charge in [-0.25, -0.2) is 0 Å². The normalized spacial score (nSPS) is 31.9. The zero-order valence-corrected chi connectivity index (χ0v) is 17.1. The lowest BCUT2D eigenvalue weighted by Crippen LogP contribution is -2.66. The van der Waals surface area contributed by atoms with Gasteiger partial charge in [0.15, 0.2) is 6.29 Å². The third-order valence-corrected chi connectivity index (χ3v) is 6.50. The molecular formula is C22H28N4O4. The average Bonchev–Trinajstić information content (AvgIpc) is 3.18. The summed E-state index contributed by atoms with van der Waals surface area (Å²) in [5.74, 6) is 0.0933. The number of benzene rings is 1. The van der Waals surface area contributed by atoms with Crippen molar-refractivity contribution in [3.63, 3.8) is 0 Å². The average molecular weight is 412 g/mol. The van der Waals surface area contributed by atoms with Gasteiger partial charge in [0, 0.05) is 51.2 Å².